The van der Waals surface area contributed by atoms with Crippen LogP contribution in [0.15, 0.2) is 17.8 Å². The van der Waals surface area contributed by atoms with Crippen molar-refractivity contribution in [2.45, 2.75) is 64.9 Å². The number of pyridine rings is 1. The molecule has 1 saturated carbocycles. The van der Waals surface area contributed by atoms with Crippen LogP contribution in [0.25, 0.3) is 5.70 Å². The summed E-state index contributed by atoms with van der Waals surface area (Å²) in [5, 5.41) is 5.70. The molecule has 1 aliphatic rings. The minimum absolute atomic E-state index is 0.286. The monoisotopic (exact) mass is 431 g/mol. The van der Waals surface area contributed by atoms with E-state index in [1.54, 1.807) is 7.05 Å². The van der Waals surface area contributed by atoms with E-state index < -0.39 is 0 Å². The molecule has 0 saturated heterocycles. The third kappa shape index (κ3) is 5.60. The highest BCUT2D eigenvalue weighted by molar-refractivity contribution is 7.05. The van der Waals surface area contributed by atoms with E-state index in [1.165, 1.54) is 35.8 Å². The second kappa shape index (κ2) is 10.1. The van der Waals surface area contributed by atoms with Crippen molar-refractivity contribution in [3.05, 3.63) is 34.2 Å². The quantitative estimate of drug-likeness (QED) is 0.429. The molecule has 0 aromatic carbocycles. The average Bonchev–Trinajstić information content (AvgIpc) is 3.19. The van der Waals surface area contributed by atoms with Crippen molar-refractivity contribution in [1.82, 2.24) is 19.4 Å². The fourth-order valence-corrected chi connectivity index (χ4v) is 4.07. The Balaban J connectivity index is 1.73. The van der Waals surface area contributed by atoms with Gasteiger partial charge < -0.3 is 20.8 Å². The van der Waals surface area contributed by atoms with Gasteiger partial charge in [0.25, 0.3) is 0 Å². The number of anilines is 1. The largest absolute Gasteiger partial charge is 0.489 e. The second-order valence-corrected chi connectivity index (χ2v) is 8.88. The van der Waals surface area contributed by atoms with Gasteiger partial charge in [0.1, 0.15) is 10.8 Å². The summed E-state index contributed by atoms with van der Waals surface area (Å²) in [5.41, 5.74) is 9.16. The van der Waals surface area contributed by atoms with Crippen LogP contribution in [0.1, 0.15) is 68.3 Å². The molecular weight excluding hydrogens is 398 g/mol. The third-order valence-electron chi connectivity index (χ3n) is 5.25. The summed E-state index contributed by atoms with van der Waals surface area (Å²) in [5.74, 6) is 7.80. The van der Waals surface area contributed by atoms with Gasteiger partial charge in [-0.3, -0.25) is 0 Å². The lowest BCUT2D eigenvalue weighted by Gasteiger charge is -2.24. The standard InChI is InChI=1S/C21H33N7OS/c1-13(2)20-26-21(27-30-20)24-12-17(28(4)23)19(22)16-10-11-18(14(3)25-16)29-15-8-6-5-7-9-15/h10-11,13,15H,5-9,12,22-23H2,1-4H3,(H,24,27)/b19-17-. The normalized spacial score (nSPS) is 15.8. The van der Waals surface area contributed by atoms with Crippen molar-refractivity contribution >= 4 is 23.2 Å². The summed E-state index contributed by atoms with van der Waals surface area (Å²) in [6.45, 7) is 6.54. The SMILES string of the molecule is Cc1nc(/C(N)=C(\CNc2nsc(C(C)C)n2)N(C)N)ccc1OC1CCCCC1. The molecule has 0 aliphatic heterocycles. The van der Waals surface area contributed by atoms with Crippen molar-refractivity contribution in [3.8, 4) is 5.75 Å². The zero-order chi connectivity index (χ0) is 21.7. The molecule has 3 rings (SSSR count). The van der Waals surface area contributed by atoms with Gasteiger partial charge in [0.05, 0.1) is 35.4 Å². The number of nitrogens with two attached hydrogens (primary N) is 2. The second-order valence-electron chi connectivity index (χ2n) is 8.09. The highest BCUT2D eigenvalue weighted by Crippen LogP contribution is 2.26. The first kappa shape index (κ1) is 22.3. The maximum absolute atomic E-state index is 6.44. The lowest BCUT2D eigenvalue weighted by Crippen LogP contribution is -2.32. The van der Waals surface area contributed by atoms with E-state index in [9.17, 15) is 0 Å². The van der Waals surface area contributed by atoms with Crippen LogP contribution in [0.5, 0.6) is 5.75 Å². The van der Waals surface area contributed by atoms with E-state index in [-0.39, 0.29) is 6.10 Å². The van der Waals surface area contributed by atoms with Crippen molar-refractivity contribution < 1.29 is 4.74 Å². The molecule has 2 aromatic heterocycles. The van der Waals surface area contributed by atoms with Crippen LogP contribution in [0.3, 0.4) is 0 Å². The Morgan fingerprint density at radius 3 is 2.60 bits per heavy atom. The van der Waals surface area contributed by atoms with E-state index in [0.717, 1.165) is 29.3 Å². The van der Waals surface area contributed by atoms with Gasteiger partial charge >= 0.3 is 0 Å². The van der Waals surface area contributed by atoms with Gasteiger partial charge in [-0.2, -0.15) is 4.37 Å². The number of likely N-dealkylation sites (N-methyl/N-ethyl adjacent to an activating group) is 1. The Morgan fingerprint density at radius 2 is 2.00 bits per heavy atom. The Hall–Kier alpha value is -2.39. The van der Waals surface area contributed by atoms with Gasteiger partial charge in [-0.05, 0) is 56.3 Å². The number of aromatic nitrogens is 3. The lowest BCUT2D eigenvalue weighted by atomic mass is 9.98. The number of hydrogen-bond acceptors (Lipinski definition) is 9. The van der Waals surface area contributed by atoms with Crippen LogP contribution in [-0.4, -0.2) is 39.0 Å². The summed E-state index contributed by atoms with van der Waals surface area (Å²) in [6.07, 6.45) is 6.28. The van der Waals surface area contributed by atoms with E-state index in [1.807, 2.05) is 19.1 Å². The molecule has 1 aliphatic carbocycles. The smallest absolute Gasteiger partial charge is 0.235 e. The number of nitrogens with zero attached hydrogens (tertiary/aromatic N) is 4. The minimum atomic E-state index is 0.286. The van der Waals surface area contributed by atoms with Crippen LogP contribution in [-0.2, 0) is 0 Å². The topological polar surface area (TPSA) is 115 Å². The average molecular weight is 432 g/mol. The molecule has 9 heteroatoms. The van der Waals surface area contributed by atoms with E-state index >= 15 is 0 Å². The fraction of sp³-hybridized carbons (Fsp3) is 0.571. The van der Waals surface area contributed by atoms with Gasteiger partial charge in [-0.15, -0.1) is 0 Å². The molecule has 0 radical (unpaired) electrons. The lowest BCUT2D eigenvalue weighted by molar-refractivity contribution is 0.153. The van der Waals surface area contributed by atoms with E-state index in [2.05, 4.69) is 33.5 Å². The molecule has 8 nitrogen and oxygen atoms in total. The number of aryl methyl sites for hydroxylation is 1. The van der Waals surface area contributed by atoms with Crippen molar-refractivity contribution in [2.24, 2.45) is 11.6 Å². The number of hydrogen-bond donors (Lipinski definition) is 3. The Kier molecular flexibility index (Phi) is 7.49. The van der Waals surface area contributed by atoms with Crippen LogP contribution < -0.4 is 21.6 Å². The van der Waals surface area contributed by atoms with E-state index in [0.29, 0.717) is 35.5 Å². The number of ether oxygens (including phenoxy) is 1. The number of nitrogens with one attached hydrogen (secondary N) is 1. The van der Waals surface area contributed by atoms with Gasteiger partial charge in [-0.25, -0.2) is 15.8 Å². The first-order valence-electron chi connectivity index (χ1n) is 10.5. The predicted molar refractivity (Wildman–Crippen MR) is 122 cm³/mol. The molecule has 164 valence electrons. The molecule has 0 spiro atoms. The molecule has 1 fully saturated rings. The number of rotatable bonds is 8. The summed E-state index contributed by atoms with van der Waals surface area (Å²) < 4.78 is 10.5. The Bertz CT molecular complexity index is 872. The zero-order valence-electron chi connectivity index (χ0n) is 18.3. The molecule has 0 atom stereocenters. The van der Waals surface area contributed by atoms with Crippen molar-refractivity contribution in [2.75, 3.05) is 18.9 Å². The summed E-state index contributed by atoms with van der Waals surface area (Å²) >= 11 is 1.40. The predicted octanol–water partition coefficient (Wildman–Crippen LogP) is 3.62. The molecule has 0 amide bonds. The van der Waals surface area contributed by atoms with E-state index in [4.69, 9.17) is 16.3 Å². The molecule has 30 heavy (non-hydrogen) atoms. The first-order chi connectivity index (χ1) is 14.3. The van der Waals surface area contributed by atoms with Crippen molar-refractivity contribution in [3.63, 3.8) is 0 Å². The van der Waals surface area contributed by atoms with Crippen LogP contribution in [0.4, 0.5) is 5.95 Å². The van der Waals surface area contributed by atoms with Gasteiger partial charge in [0, 0.05) is 13.0 Å². The summed E-state index contributed by atoms with van der Waals surface area (Å²) in [4.78, 5) is 9.17. The first-order valence-corrected chi connectivity index (χ1v) is 11.3. The molecule has 0 bridgehead atoms. The van der Waals surface area contributed by atoms with Crippen LogP contribution in [0.2, 0.25) is 0 Å². The van der Waals surface area contributed by atoms with Crippen LogP contribution in [0, 0.1) is 6.92 Å². The van der Waals surface area contributed by atoms with Gasteiger partial charge in [-0.1, -0.05) is 20.3 Å². The number of hydrazine groups is 1. The van der Waals surface area contributed by atoms with Gasteiger partial charge in [0.2, 0.25) is 5.95 Å². The Labute approximate surface area is 182 Å². The molecule has 0 unspecified atom stereocenters. The Morgan fingerprint density at radius 1 is 1.27 bits per heavy atom. The minimum Gasteiger partial charge on any atom is -0.489 e. The van der Waals surface area contributed by atoms with Crippen molar-refractivity contribution in [1.29, 1.82) is 0 Å². The van der Waals surface area contributed by atoms with Gasteiger partial charge in [0.15, 0.2) is 0 Å². The summed E-state index contributed by atoms with van der Waals surface area (Å²) in [7, 11) is 1.76. The zero-order valence-corrected chi connectivity index (χ0v) is 19.1. The fourth-order valence-electron chi connectivity index (χ4n) is 3.45. The highest BCUT2D eigenvalue weighted by Gasteiger charge is 2.18. The molecule has 2 aromatic rings. The summed E-state index contributed by atoms with van der Waals surface area (Å²) in [6, 6.07) is 3.85. The maximum Gasteiger partial charge on any atom is 0.235 e. The molecule has 2 heterocycles. The highest BCUT2D eigenvalue weighted by atomic mass is 32.1. The third-order valence-corrected chi connectivity index (χ3v) is 6.26. The molecular formula is C21H33N7OS. The molecule has 5 N–H and O–H groups in total. The maximum atomic E-state index is 6.44. The van der Waals surface area contributed by atoms with Crippen LogP contribution >= 0.6 is 11.5 Å².